The molecule has 5 heteroatoms. The summed E-state index contributed by atoms with van der Waals surface area (Å²) in [4.78, 5) is 14.3. The maximum absolute atomic E-state index is 12.2. The van der Waals surface area contributed by atoms with Crippen LogP contribution in [0, 0.1) is 0 Å². The number of nitrogens with zero attached hydrogens (tertiary/aromatic N) is 1. The van der Waals surface area contributed by atoms with Crippen molar-refractivity contribution in [2.24, 2.45) is 0 Å². The maximum Gasteiger partial charge on any atom is 0.250 e. The zero-order valence-electron chi connectivity index (χ0n) is 13.8. The van der Waals surface area contributed by atoms with E-state index in [4.69, 9.17) is 4.74 Å². The first-order valence-electron chi connectivity index (χ1n) is 7.97. The largest absolute Gasteiger partial charge is 0.366 e. The second-order valence-electron chi connectivity index (χ2n) is 5.88. The van der Waals surface area contributed by atoms with Crippen molar-refractivity contribution in [2.75, 3.05) is 40.3 Å². The molecule has 2 rings (SSSR count). The van der Waals surface area contributed by atoms with E-state index in [0.717, 1.165) is 13.0 Å². The van der Waals surface area contributed by atoms with E-state index < -0.39 is 0 Å². The Morgan fingerprint density at radius 2 is 2.14 bits per heavy atom. The highest BCUT2D eigenvalue weighted by Gasteiger charge is 2.23. The molecular formula is C17H27N3O2. The van der Waals surface area contributed by atoms with Crippen LogP contribution in [0.2, 0.25) is 0 Å². The number of benzene rings is 1. The molecule has 1 saturated heterocycles. The minimum Gasteiger partial charge on any atom is -0.366 e. The van der Waals surface area contributed by atoms with Crippen LogP contribution in [-0.4, -0.2) is 57.2 Å². The van der Waals surface area contributed by atoms with Gasteiger partial charge in [0.15, 0.2) is 0 Å². The van der Waals surface area contributed by atoms with Gasteiger partial charge < -0.3 is 20.3 Å². The molecule has 1 aliphatic rings. The number of hydrogen-bond acceptors (Lipinski definition) is 4. The van der Waals surface area contributed by atoms with Gasteiger partial charge >= 0.3 is 0 Å². The van der Waals surface area contributed by atoms with Gasteiger partial charge in [-0.25, -0.2) is 0 Å². The minimum atomic E-state index is -0.376. The van der Waals surface area contributed by atoms with E-state index in [1.54, 1.807) is 0 Å². The van der Waals surface area contributed by atoms with E-state index in [1.165, 1.54) is 11.1 Å². The summed E-state index contributed by atoms with van der Waals surface area (Å²) in [5.74, 6) is -0.0378. The number of carbonyl (C=O) groups is 1. The molecule has 1 aromatic carbocycles. The summed E-state index contributed by atoms with van der Waals surface area (Å²) in [6.07, 6.45) is 0.661. The van der Waals surface area contributed by atoms with Crippen molar-refractivity contribution in [1.29, 1.82) is 0 Å². The number of ether oxygens (including phenoxy) is 1. The number of aryl methyl sites for hydroxylation is 1. The van der Waals surface area contributed by atoms with Gasteiger partial charge in [0.2, 0.25) is 0 Å². The van der Waals surface area contributed by atoms with Crippen molar-refractivity contribution in [1.82, 2.24) is 15.5 Å². The summed E-state index contributed by atoms with van der Waals surface area (Å²) in [5, 5.41) is 6.19. The number of amides is 1. The summed E-state index contributed by atoms with van der Waals surface area (Å²) in [7, 11) is 4.06. The van der Waals surface area contributed by atoms with E-state index in [9.17, 15) is 4.79 Å². The van der Waals surface area contributed by atoms with Gasteiger partial charge in [0, 0.05) is 19.6 Å². The molecule has 0 aliphatic carbocycles. The van der Waals surface area contributed by atoms with E-state index in [0.29, 0.717) is 19.7 Å². The van der Waals surface area contributed by atoms with Crippen LogP contribution in [0.3, 0.4) is 0 Å². The Labute approximate surface area is 133 Å². The fourth-order valence-electron chi connectivity index (χ4n) is 2.62. The first kappa shape index (κ1) is 16.9. The van der Waals surface area contributed by atoms with Crippen molar-refractivity contribution in [2.45, 2.75) is 25.5 Å². The molecule has 2 N–H and O–H groups in total. The maximum atomic E-state index is 12.2. The van der Waals surface area contributed by atoms with Gasteiger partial charge in [0.25, 0.3) is 5.91 Å². The Morgan fingerprint density at radius 3 is 2.68 bits per heavy atom. The van der Waals surface area contributed by atoms with Crippen molar-refractivity contribution in [3.8, 4) is 0 Å². The van der Waals surface area contributed by atoms with Gasteiger partial charge in [-0.2, -0.15) is 0 Å². The fourth-order valence-corrected chi connectivity index (χ4v) is 2.62. The Morgan fingerprint density at radius 1 is 1.41 bits per heavy atom. The van der Waals surface area contributed by atoms with Crippen LogP contribution < -0.4 is 10.6 Å². The van der Waals surface area contributed by atoms with E-state index in [-0.39, 0.29) is 18.1 Å². The number of rotatable bonds is 6. The van der Waals surface area contributed by atoms with E-state index >= 15 is 0 Å². The zero-order valence-corrected chi connectivity index (χ0v) is 13.8. The number of likely N-dealkylation sites (N-methyl/N-ethyl adjacent to an activating group) is 1. The second-order valence-corrected chi connectivity index (χ2v) is 5.88. The third kappa shape index (κ3) is 4.53. The lowest BCUT2D eigenvalue weighted by molar-refractivity contribution is -0.134. The van der Waals surface area contributed by atoms with Gasteiger partial charge in [-0.1, -0.05) is 31.2 Å². The highest BCUT2D eigenvalue weighted by Crippen LogP contribution is 2.18. The monoisotopic (exact) mass is 305 g/mol. The fraction of sp³-hybridized carbons (Fsp3) is 0.588. The quantitative estimate of drug-likeness (QED) is 0.822. The lowest BCUT2D eigenvalue weighted by atomic mass is 10.0. The minimum absolute atomic E-state index is 0.0378. The SMILES string of the molecule is CCc1ccc(C(CNC(=O)C2CNCCO2)N(C)C)cc1. The molecule has 1 fully saturated rings. The molecular weight excluding hydrogens is 278 g/mol. The molecule has 122 valence electrons. The highest BCUT2D eigenvalue weighted by molar-refractivity contribution is 5.81. The molecule has 1 aromatic rings. The third-order valence-electron chi connectivity index (χ3n) is 4.09. The summed E-state index contributed by atoms with van der Waals surface area (Å²) >= 11 is 0. The third-order valence-corrected chi connectivity index (χ3v) is 4.09. The topological polar surface area (TPSA) is 53.6 Å². The molecule has 0 bridgehead atoms. The lowest BCUT2D eigenvalue weighted by Crippen LogP contribution is -2.49. The highest BCUT2D eigenvalue weighted by atomic mass is 16.5. The van der Waals surface area contributed by atoms with Crippen molar-refractivity contribution < 1.29 is 9.53 Å². The summed E-state index contributed by atoms with van der Waals surface area (Å²) < 4.78 is 5.48. The molecule has 1 aliphatic heterocycles. The molecule has 0 aromatic heterocycles. The van der Waals surface area contributed by atoms with Crippen molar-refractivity contribution >= 4 is 5.91 Å². The Bertz CT molecular complexity index is 467. The Hall–Kier alpha value is -1.43. The van der Waals surface area contributed by atoms with Crippen LogP contribution in [0.5, 0.6) is 0 Å². The number of hydrogen-bond donors (Lipinski definition) is 2. The van der Waals surface area contributed by atoms with Gasteiger partial charge in [-0.05, 0) is 31.6 Å². The van der Waals surface area contributed by atoms with Crippen molar-refractivity contribution in [3.05, 3.63) is 35.4 Å². The van der Waals surface area contributed by atoms with E-state index in [1.807, 2.05) is 14.1 Å². The molecule has 0 spiro atoms. The molecule has 22 heavy (non-hydrogen) atoms. The van der Waals surface area contributed by atoms with Crippen molar-refractivity contribution in [3.63, 3.8) is 0 Å². The molecule has 0 radical (unpaired) electrons. The molecule has 1 amide bonds. The number of morpholine rings is 1. The van der Waals surface area contributed by atoms with Crippen LogP contribution >= 0.6 is 0 Å². The summed E-state index contributed by atoms with van der Waals surface area (Å²) in [5.41, 5.74) is 2.54. The Kier molecular flexibility index (Phi) is 6.36. The lowest BCUT2D eigenvalue weighted by Gasteiger charge is -2.27. The summed E-state index contributed by atoms with van der Waals surface area (Å²) in [6, 6.07) is 8.76. The first-order chi connectivity index (χ1) is 10.6. The van der Waals surface area contributed by atoms with Crippen LogP contribution in [0.25, 0.3) is 0 Å². The Balaban J connectivity index is 1.94. The zero-order chi connectivity index (χ0) is 15.9. The summed E-state index contributed by atoms with van der Waals surface area (Å²) in [6.45, 7) is 4.72. The number of carbonyl (C=O) groups excluding carboxylic acids is 1. The number of nitrogens with one attached hydrogen (secondary N) is 2. The molecule has 1 heterocycles. The molecule has 0 saturated carbocycles. The smallest absolute Gasteiger partial charge is 0.250 e. The van der Waals surface area contributed by atoms with Gasteiger partial charge in [0.1, 0.15) is 6.10 Å². The van der Waals surface area contributed by atoms with Crippen LogP contribution in [0.4, 0.5) is 0 Å². The first-order valence-corrected chi connectivity index (χ1v) is 7.97. The average molecular weight is 305 g/mol. The standard InChI is InChI=1S/C17H27N3O2/c1-4-13-5-7-14(8-6-13)15(20(2)3)11-19-17(21)16-12-18-9-10-22-16/h5-8,15-16,18H,4,9-12H2,1-3H3,(H,19,21). The van der Waals surface area contributed by atoms with Crippen LogP contribution in [-0.2, 0) is 16.0 Å². The van der Waals surface area contributed by atoms with Gasteiger partial charge in [0.05, 0.1) is 12.6 Å². The van der Waals surface area contributed by atoms with Gasteiger partial charge in [-0.15, -0.1) is 0 Å². The molecule has 5 nitrogen and oxygen atoms in total. The molecule has 2 atom stereocenters. The normalized spacial score (nSPS) is 19.9. The van der Waals surface area contributed by atoms with Crippen LogP contribution in [0.1, 0.15) is 24.1 Å². The predicted octanol–water partition coefficient (Wildman–Crippen LogP) is 0.956. The van der Waals surface area contributed by atoms with E-state index in [2.05, 4.69) is 46.7 Å². The predicted molar refractivity (Wildman–Crippen MR) is 87.9 cm³/mol. The average Bonchev–Trinajstić information content (AvgIpc) is 2.56. The van der Waals surface area contributed by atoms with Gasteiger partial charge in [-0.3, -0.25) is 4.79 Å². The second kappa shape index (κ2) is 8.27. The molecule has 2 unspecified atom stereocenters. The van der Waals surface area contributed by atoms with Crippen LogP contribution in [0.15, 0.2) is 24.3 Å².